The fraction of sp³-hybridized carbons (Fsp3) is 0.783. The Morgan fingerprint density at radius 3 is 2.06 bits per heavy atom. The van der Waals surface area contributed by atoms with Gasteiger partial charge in [-0.3, -0.25) is 9.69 Å². The van der Waals surface area contributed by atoms with Crippen molar-refractivity contribution in [3.63, 3.8) is 0 Å². The lowest BCUT2D eigenvalue weighted by molar-refractivity contribution is -0.160. The first-order valence-electron chi connectivity index (χ1n) is 10.8. The molecule has 0 aromatic carbocycles. The van der Waals surface area contributed by atoms with E-state index in [2.05, 4.69) is 5.32 Å². The van der Waals surface area contributed by atoms with E-state index in [4.69, 9.17) is 21.1 Å². The van der Waals surface area contributed by atoms with E-state index in [0.29, 0.717) is 12.8 Å². The van der Waals surface area contributed by atoms with Gasteiger partial charge in [0.05, 0.1) is 12.1 Å². The summed E-state index contributed by atoms with van der Waals surface area (Å²) in [4.78, 5) is 39.8. The van der Waals surface area contributed by atoms with Crippen molar-refractivity contribution in [1.29, 1.82) is 0 Å². The van der Waals surface area contributed by atoms with E-state index in [9.17, 15) is 14.4 Å². The summed E-state index contributed by atoms with van der Waals surface area (Å²) in [6, 6.07) is -1.73. The molecule has 0 aliphatic carbocycles. The molecule has 1 aliphatic heterocycles. The maximum absolute atomic E-state index is 13.3. The highest BCUT2D eigenvalue weighted by Gasteiger charge is 2.51. The standard InChI is InChI=1S/C23H39ClN2O5/c1-14(2)12-17(25-15(3)27)19-16(10-11-24)13-18(20(28)30-22(4,5)6)26(19)21(29)31-23(7,8)9/h10-11,14,16-19H,12-13H2,1-9H3,(H,25,27)/b11-10-/t16-,17-,18+,19+/m0/s1. The molecule has 2 amide bonds. The van der Waals surface area contributed by atoms with E-state index in [1.807, 2.05) is 13.8 Å². The van der Waals surface area contributed by atoms with Gasteiger partial charge in [0.15, 0.2) is 0 Å². The maximum atomic E-state index is 13.3. The minimum Gasteiger partial charge on any atom is -0.458 e. The van der Waals surface area contributed by atoms with Gasteiger partial charge >= 0.3 is 12.1 Å². The zero-order valence-corrected chi connectivity index (χ0v) is 21.1. The highest BCUT2D eigenvalue weighted by molar-refractivity contribution is 6.25. The molecule has 7 nitrogen and oxygen atoms in total. The molecule has 31 heavy (non-hydrogen) atoms. The summed E-state index contributed by atoms with van der Waals surface area (Å²) in [5, 5.41) is 2.98. The third-order valence-electron chi connectivity index (χ3n) is 4.72. The molecule has 0 bridgehead atoms. The van der Waals surface area contributed by atoms with Crippen LogP contribution in [-0.4, -0.2) is 52.2 Å². The topological polar surface area (TPSA) is 84.9 Å². The lowest BCUT2D eigenvalue weighted by Gasteiger charge is -2.38. The summed E-state index contributed by atoms with van der Waals surface area (Å²) in [5.74, 6) is -0.708. The molecule has 1 heterocycles. The monoisotopic (exact) mass is 458 g/mol. The summed E-state index contributed by atoms with van der Waals surface area (Å²) in [6.45, 7) is 16.2. The molecule has 0 saturated carbocycles. The first-order chi connectivity index (χ1) is 14.1. The smallest absolute Gasteiger partial charge is 0.411 e. The van der Waals surface area contributed by atoms with Crippen LogP contribution in [0.4, 0.5) is 4.79 Å². The molecule has 0 radical (unpaired) electrons. The average Bonchev–Trinajstić information content (AvgIpc) is 2.90. The Morgan fingerprint density at radius 1 is 1.10 bits per heavy atom. The Hall–Kier alpha value is -1.76. The highest BCUT2D eigenvalue weighted by Crippen LogP contribution is 2.37. The Bertz CT molecular complexity index is 678. The van der Waals surface area contributed by atoms with Crippen LogP contribution in [0.15, 0.2) is 11.6 Å². The molecule has 1 saturated heterocycles. The first-order valence-corrected chi connectivity index (χ1v) is 11.3. The number of ether oxygens (including phenoxy) is 2. The fourth-order valence-corrected chi connectivity index (χ4v) is 4.09. The second-order valence-corrected chi connectivity index (χ2v) is 10.8. The minimum atomic E-state index is -0.847. The number of rotatable bonds is 6. The van der Waals surface area contributed by atoms with Crippen LogP contribution in [-0.2, 0) is 19.1 Å². The lowest BCUT2D eigenvalue weighted by atomic mass is 9.88. The van der Waals surface area contributed by atoms with Crippen molar-refractivity contribution in [1.82, 2.24) is 10.2 Å². The van der Waals surface area contributed by atoms with Gasteiger partial charge < -0.3 is 14.8 Å². The van der Waals surface area contributed by atoms with Crippen LogP contribution in [0.1, 0.15) is 75.2 Å². The summed E-state index contributed by atoms with van der Waals surface area (Å²) in [7, 11) is 0. The zero-order valence-electron chi connectivity index (χ0n) is 20.3. The SMILES string of the molecule is CC(=O)N[C@@H](CC(C)C)[C@H]1[C@@H](/C=C\Cl)C[C@H](C(=O)OC(C)(C)C)N1C(=O)OC(C)(C)C. The predicted molar refractivity (Wildman–Crippen MR) is 122 cm³/mol. The molecule has 178 valence electrons. The molecular formula is C23H39ClN2O5. The van der Waals surface area contributed by atoms with Crippen LogP contribution >= 0.6 is 11.6 Å². The number of amides is 2. The van der Waals surface area contributed by atoms with Crippen LogP contribution in [0.3, 0.4) is 0 Å². The minimum absolute atomic E-state index is 0.205. The Kier molecular flexibility index (Phi) is 9.42. The Labute approximate surface area is 191 Å². The highest BCUT2D eigenvalue weighted by atomic mass is 35.5. The van der Waals surface area contributed by atoms with Crippen molar-refractivity contribution < 1.29 is 23.9 Å². The molecule has 8 heteroatoms. The summed E-state index contributed by atoms with van der Waals surface area (Å²) >= 11 is 5.91. The van der Waals surface area contributed by atoms with E-state index in [0.717, 1.165) is 0 Å². The average molecular weight is 459 g/mol. The third-order valence-corrected chi connectivity index (χ3v) is 4.87. The van der Waals surface area contributed by atoms with Gasteiger partial charge in [0, 0.05) is 18.4 Å². The van der Waals surface area contributed by atoms with E-state index in [-0.39, 0.29) is 23.8 Å². The number of likely N-dealkylation sites (tertiary alicyclic amines) is 1. The number of nitrogens with zero attached hydrogens (tertiary/aromatic N) is 1. The van der Waals surface area contributed by atoms with Crippen molar-refractivity contribution in [2.75, 3.05) is 0 Å². The molecular weight excluding hydrogens is 420 g/mol. The van der Waals surface area contributed by atoms with Gasteiger partial charge in [-0.05, 0) is 60.3 Å². The Balaban J connectivity index is 3.50. The molecule has 1 fully saturated rings. The van der Waals surface area contributed by atoms with Gasteiger partial charge in [-0.15, -0.1) is 0 Å². The van der Waals surface area contributed by atoms with Gasteiger partial charge in [0.1, 0.15) is 17.2 Å². The third kappa shape index (κ3) is 8.71. The van der Waals surface area contributed by atoms with Gasteiger partial charge in [-0.25, -0.2) is 9.59 Å². The maximum Gasteiger partial charge on any atom is 0.411 e. The normalized spacial score (nSPS) is 23.2. The number of nitrogens with one attached hydrogen (secondary N) is 1. The number of esters is 1. The summed E-state index contributed by atoms with van der Waals surface area (Å²) < 4.78 is 11.3. The van der Waals surface area contributed by atoms with Gasteiger partial charge in [0.25, 0.3) is 0 Å². The van der Waals surface area contributed by atoms with E-state index < -0.39 is 35.3 Å². The fourth-order valence-electron chi connectivity index (χ4n) is 3.90. The van der Waals surface area contributed by atoms with Crippen LogP contribution in [0.5, 0.6) is 0 Å². The van der Waals surface area contributed by atoms with Crippen molar-refractivity contribution >= 4 is 29.6 Å². The van der Waals surface area contributed by atoms with Crippen LogP contribution in [0.25, 0.3) is 0 Å². The molecule has 1 N–H and O–H groups in total. The lowest BCUT2D eigenvalue weighted by Crippen LogP contribution is -2.57. The van der Waals surface area contributed by atoms with Crippen molar-refractivity contribution in [2.24, 2.45) is 11.8 Å². The van der Waals surface area contributed by atoms with Gasteiger partial charge in [-0.1, -0.05) is 31.5 Å². The van der Waals surface area contributed by atoms with Crippen LogP contribution in [0.2, 0.25) is 0 Å². The van der Waals surface area contributed by atoms with Crippen molar-refractivity contribution in [3.05, 3.63) is 11.6 Å². The molecule has 0 aromatic rings. The van der Waals surface area contributed by atoms with E-state index in [1.165, 1.54) is 17.4 Å². The van der Waals surface area contributed by atoms with E-state index >= 15 is 0 Å². The summed E-state index contributed by atoms with van der Waals surface area (Å²) in [6.07, 6.45) is 2.11. The molecule has 0 unspecified atom stereocenters. The second kappa shape index (κ2) is 10.7. The quantitative estimate of drug-likeness (QED) is 0.586. The van der Waals surface area contributed by atoms with Gasteiger partial charge in [0.2, 0.25) is 5.91 Å². The molecule has 1 aliphatic rings. The van der Waals surface area contributed by atoms with E-state index in [1.54, 1.807) is 47.6 Å². The van der Waals surface area contributed by atoms with Gasteiger partial charge in [-0.2, -0.15) is 0 Å². The predicted octanol–water partition coefficient (Wildman–Crippen LogP) is 4.63. The van der Waals surface area contributed by atoms with Crippen molar-refractivity contribution in [3.8, 4) is 0 Å². The molecule has 4 atom stereocenters. The molecule has 0 spiro atoms. The Morgan fingerprint density at radius 2 is 1.65 bits per heavy atom. The number of hydrogen-bond acceptors (Lipinski definition) is 5. The number of carbonyl (C=O) groups excluding carboxylic acids is 3. The van der Waals surface area contributed by atoms with Crippen LogP contribution < -0.4 is 5.32 Å². The largest absolute Gasteiger partial charge is 0.458 e. The van der Waals surface area contributed by atoms with Crippen LogP contribution in [0, 0.1) is 11.8 Å². The number of hydrogen-bond donors (Lipinski definition) is 1. The summed E-state index contributed by atoms with van der Waals surface area (Å²) in [5.41, 5.74) is -0.0632. The second-order valence-electron chi connectivity index (χ2n) is 10.6. The zero-order chi connectivity index (χ0) is 24.1. The number of halogens is 1. The molecule has 0 aromatic heterocycles. The number of carbonyl (C=O) groups is 3. The molecule has 1 rings (SSSR count). The first kappa shape index (κ1) is 27.3. The van der Waals surface area contributed by atoms with Crippen molar-refractivity contribution in [2.45, 2.75) is 104 Å².